The number of anilines is 1. The van der Waals surface area contributed by atoms with Crippen molar-refractivity contribution in [3.05, 3.63) is 60.5 Å². The fourth-order valence-corrected chi connectivity index (χ4v) is 5.52. The van der Waals surface area contributed by atoms with E-state index < -0.39 is 0 Å². The van der Waals surface area contributed by atoms with Gasteiger partial charge in [-0.1, -0.05) is 24.8 Å². The van der Waals surface area contributed by atoms with Crippen LogP contribution in [0.25, 0.3) is 10.9 Å². The molecule has 10 nitrogen and oxygen atoms in total. The molecule has 2 aliphatic rings. The zero-order chi connectivity index (χ0) is 29.4. The van der Waals surface area contributed by atoms with Crippen molar-refractivity contribution in [3.63, 3.8) is 0 Å². The van der Waals surface area contributed by atoms with E-state index in [0.717, 1.165) is 40.8 Å². The summed E-state index contributed by atoms with van der Waals surface area (Å²) in [5.41, 5.74) is 3.60. The molecule has 41 heavy (non-hydrogen) atoms. The first kappa shape index (κ1) is 29.7. The quantitative estimate of drug-likeness (QED) is 0.255. The molecule has 0 bridgehead atoms. The normalized spacial score (nSPS) is 18.4. The number of aliphatic imine (C=N–C) groups is 1. The Hall–Kier alpha value is -4.23. The molecule has 10 heteroatoms. The summed E-state index contributed by atoms with van der Waals surface area (Å²) in [6.07, 6.45) is 7.66. The highest BCUT2D eigenvalue weighted by Crippen LogP contribution is 2.30. The largest absolute Gasteiger partial charge is 0.481 e. The lowest BCUT2D eigenvalue weighted by Gasteiger charge is -2.35. The van der Waals surface area contributed by atoms with E-state index in [-0.39, 0.29) is 18.4 Å². The van der Waals surface area contributed by atoms with Gasteiger partial charge in [0.1, 0.15) is 12.4 Å². The number of hydrogen-bond acceptors (Lipinski definition) is 8. The molecule has 216 valence electrons. The molecular weight excluding hydrogens is 516 g/mol. The van der Waals surface area contributed by atoms with Crippen molar-refractivity contribution in [2.75, 3.05) is 58.8 Å². The van der Waals surface area contributed by atoms with Gasteiger partial charge in [0.05, 0.1) is 36.3 Å². The van der Waals surface area contributed by atoms with Crippen molar-refractivity contribution in [2.24, 2.45) is 4.99 Å². The highest BCUT2D eigenvalue weighted by molar-refractivity contribution is 5.98. The highest BCUT2D eigenvalue weighted by Gasteiger charge is 2.27. The third-order valence-corrected chi connectivity index (χ3v) is 8.08. The Morgan fingerprint density at radius 1 is 1.34 bits per heavy atom. The lowest BCUT2D eigenvalue weighted by molar-refractivity contribution is -0.126. The molecule has 0 aliphatic carbocycles. The van der Waals surface area contributed by atoms with Crippen molar-refractivity contribution in [2.45, 2.75) is 37.8 Å². The van der Waals surface area contributed by atoms with Gasteiger partial charge < -0.3 is 24.3 Å². The second-order valence-corrected chi connectivity index (χ2v) is 10.7. The topological polar surface area (TPSA) is 112 Å². The lowest BCUT2D eigenvalue weighted by Crippen LogP contribution is -2.46. The summed E-state index contributed by atoms with van der Waals surface area (Å²) < 4.78 is 5.89. The second-order valence-electron chi connectivity index (χ2n) is 10.7. The van der Waals surface area contributed by atoms with Crippen LogP contribution in [0.5, 0.6) is 0 Å². The Morgan fingerprint density at radius 2 is 2.15 bits per heavy atom. The van der Waals surface area contributed by atoms with E-state index in [1.54, 1.807) is 11.9 Å². The summed E-state index contributed by atoms with van der Waals surface area (Å²) in [6, 6.07) is 12.3. The lowest BCUT2D eigenvalue weighted by atomic mass is 10.0. The number of likely N-dealkylation sites (tertiary alicyclic amines) is 1. The van der Waals surface area contributed by atoms with E-state index in [1.165, 1.54) is 23.8 Å². The maximum atomic E-state index is 12.2. The number of carbonyl (C=O) groups is 1. The van der Waals surface area contributed by atoms with Gasteiger partial charge in [0.25, 0.3) is 0 Å². The molecule has 1 aromatic carbocycles. The van der Waals surface area contributed by atoms with Crippen molar-refractivity contribution in [1.82, 2.24) is 19.7 Å². The minimum Gasteiger partial charge on any atom is -0.481 e. The number of hydrogen-bond donors (Lipinski definition) is 1. The highest BCUT2D eigenvalue weighted by atomic mass is 16.5. The fraction of sp³-hybridized carbons (Fsp3) is 0.452. The maximum absolute atomic E-state index is 12.2. The standard InChI is InChI=1S/C31H40N8O2/c1-5-30(40)38(4)23(12-15-32)19-37(3)31(33)26-14-18-39(29-13-16-34-27-11-7-6-10-25(27)29)20-28(26)35-22-41-21-24-9-8-17-36(24)2/h5-7,10-11,13,16,22-24,33H,1,8-9,12,14,17-21H2,2-4H3/t23?,24-/m0/s1. The van der Waals surface area contributed by atoms with Gasteiger partial charge >= 0.3 is 0 Å². The summed E-state index contributed by atoms with van der Waals surface area (Å²) in [7, 11) is 5.60. The molecule has 0 radical (unpaired) electrons. The first-order chi connectivity index (χ1) is 19.8. The van der Waals surface area contributed by atoms with Gasteiger partial charge in [-0.15, -0.1) is 0 Å². The number of nitriles is 1. The molecule has 1 aromatic heterocycles. The summed E-state index contributed by atoms with van der Waals surface area (Å²) in [5, 5.41) is 19.5. The molecule has 2 aromatic rings. The molecular formula is C31H40N8O2. The minimum atomic E-state index is -0.376. The van der Waals surface area contributed by atoms with Crippen LogP contribution in [0.3, 0.4) is 0 Å². The van der Waals surface area contributed by atoms with Gasteiger partial charge in [0.2, 0.25) is 5.91 Å². The number of amidine groups is 1. The third kappa shape index (κ3) is 7.11. The Balaban J connectivity index is 1.58. The number of para-hydroxylation sites is 1. The summed E-state index contributed by atoms with van der Waals surface area (Å²) >= 11 is 0. The molecule has 2 atom stereocenters. The third-order valence-electron chi connectivity index (χ3n) is 8.08. The average Bonchev–Trinajstić information content (AvgIpc) is 3.41. The molecule has 2 aliphatic heterocycles. The number of aromatic nitrogens is 1. The summed E-state index contributed by atoms with van der Waals surface area (Å²) in [4.78, 5) is 29.4. The van der Waals surface area contributed by atoms with Gasteiger partial charge in [0.15, 0.2) is 6.40 Å². The number of ether oxygens (including phenoxy) is 1. The van der Waals surface area contributed by atoms with Gasteiger partial charge in [-0.05, 0) is 51.1 Å². The molecule has 3 heterocycles. The zero-order valence-electron chi connectivity index (χ0n) is 24.3. The van der Waals surface area contributed by atoms with Crippen LogP contribution >= 0.6 is 0 Å². The molecule has 1 saturated heterocycles. The van der Waals surface area contributed by atoms with Crippen LogP contribution in [0.1, 0.15) is 25.7 Å². The predicted octanol–water partition coefficient (Wildman–Crippen LogP) is 3.67. The first-order valence-corrected chi connectivity index (χ1v) is 14.0. The van der Waals surface area contributed by atoms with Crippen LogP contribution in [0.15, 0.2) is 65.4 Å². The molecule has 0 spiro atoms. The SMILES string of the molecule is C=CC(=O)N(C)C(CC#N)CN(C)C(=N)C1=C(N=COC[C@@H]2CCCN2C)CN(c2ccnc3ccccc23)CC1. The van der Waals surface area contributed by atoms with E-state index in [2.05, 4.69) is 40.5 Å². The van der Waals surface area contributed by atoms with Gasteiger partial charge in [0, 0.05) is 56.1 Å². The Kier molecular flexibility index (Phi) is 10.1. The van der Waals surface area contributed by atoms with Crippen LogP contribution in [-0.2, 0) is 9.53 Å². The van der Waals surface area contributed by atoms with Crippen molar-refractivity contribution in [3.8, 4) is 6.07 Å². The summed E-state index contributed by atoms with van der Waals surface area (Å²) in [6.45, 7) is 6.79. The van der Waals surface area contributed by atoms with Crippen LogP contribution in [0.2, 0.25) is 0 Å². The second kappa shape index (κ2) is 13.9. The molecule has 1 fully saturated rings. The number of carbonyl (C=O) groups excluding carboxylic acids is 1. The van der Waals surface area contributed by atoms with Gasteiger partial charge in [-0.3, -0.25) is 15.2 Å². The van der Waals surface area contributed by atoms with E-state index >= 15 is 0 Å². The number of fused-ring (bicyclic) bond motifs is 1. The molecule has 1 unspecified atom stereocenters. The van der Waals surface area contributed by atoms with Crippen molar-refractivity contribution in [1.29, 1.82) is 10.7 Å². The van der Waals surface area contributed by atoms with Crippen LogP contribution < -0.4 is 4.90 Å². The number of likely N-dealkylation sites (N-methyl/N-ethyl adjacent to an activating group) is 3. The van der Waals surface area contributed by atoms with E-state index in [4.69, 9.17) is 15.1 Å². The fourth-order valence-electron chi connectivity index (χ4n) is 5.52. The van der Waals surface area contributed by atoms with Crippen molar-refractivity contribution >= 4 is 34.7 Å². The Morgan fingerprint density at radius 3 is 2.88 bits per heavy atom. The molecule has 1 N–H and O–H groups in total. The number of rotatable bonds is 11. The van der Waals surface area contributed by atoms with Gasteiger partial charge in [-0.25, -0.2) is 4.99 Å². The number of amides is 1. The number of nitrogens with one attached hydrogen (secondary N) is 1. The minimum absolute atomic E-state index is 0.157. The maximum Gasteiger partial charge on any atom is 0.246 e. The Labute approximate surface area is 242 Å². The number of pyridine rings is 1. The van der Waals surface area contributed by atoms with Crippen molar-refractivity contribution < 1.29 is 9.53 Å². The smallest absolute Gasteiger partial charge is 0.246 e. The first-order valence-electron chi connectivity index (χ1n) is 14.0. The monoisotopic (exact) mass is 556 g/mol. The zero-order valence-corrected chi connectivity index (χ0v) is 24.3. The predicted molar refractivity (Wildman–Crippen MR) is 163 cm³/mol. The number of nitrogens with zero attached hydrogens (tertiary/aromatic N) is 7. The van der Waals surface area contributed by atoms with E-state index in [0.29, 0.717) is 44.5 Å². The number of benzene rings is 1. The average molecular weight is 557 g/mol. The Bertz CT molecular complexity index is 1360. The molecule has 1 amide bonds. The molecule has 4 rings (SSSR count). The van der Waals surface area contributed by atoms with Crippen LogP contribution in [-0.4, -0.2) is 104 Å². The van der Waals surface area contributed by atoms with E-state index in [9.17, 15) is 10.1 Å². The van der Waals surface area contributed by atoms with Gasteiger partial charge in [-0.2, -0.15) is 5.26 Å². The van der Waals surface area contributed by atoms with Crippen LogP contribution in [0.4, 0.5) is 5.69 Å². The molecule has 0 saturated carbocycles. The van der Waals surface area contributed by atoms with E-state index in [1.807, 2.05) is 37.5 Å². The van der Waals surface area contributed by atoms with Crippen LogP contribution in [0, 0.1) is 16.7 Å². The summed E-state index contributed by atoms with van der Waals surface area (Å²) in [5.74, 6) is 0.0759.